The SMILES string of the molecule is N#CCCO/N=C/CC/C=N/OCCC#N. The molecule has 0 unspecified atom stereocenters. The Morgan fingerprint density at radius 2 is 1.31 bits per heavy atom. The smallest absolute Gasteiger partial charge is 0.130 e. The van der Waals surface area contributed by atoms with Crippen LogP contribution in [0.5, 0.6) is 0 Å². The lowest BCUT2D eigenvalue weighted by Gasteiger charge is -1.92. The van der Waals surface area contributed by atoms with E-state index in [4.69, 9.17) is 20.2 Å². The van der Waals surface area contributed by atoms with Crippen molar-refractivity contribution in [3.63, 3.8) is 0 Å². The van der Waals surface area contributed by atoms with E-state index < -0.39 is 0 Å². The highest BCUT2D eigenvalue weighted by atomic mass is 16.6. The average Bonchev–Trinajstić information content (AvgIpc) is 2.31. The van der Waals surface area contributed by atoms with E-state index in [-0.39, 0.29) is 0 Å². The molecule has 0 aliphatic heterocycles. The molecule has 0 N–H and O–H groups in total. The second-order valence-corrected chi connectivity index (χ2v) is 2.64. The second-order valence-electron chi connectivity index (χ2n) is 2.64. The van der Waals surface area contributed by atoms with Gasteiger partial charge in [0.2, 0.25) is 0 Å². The van der Waals surface area contributed by atoms with Gasteiger partial charge in [0.15, 0.2) is 0 Å². The van der Waals surface area contributed by atoms with Gasteiger partial charge in [-0.1, -0.05) is 10.3 Å². The van der Waals surface area contributed by atoms with Crippen molar-refractivity contribution in [1.29, 1.82) is 10.5 Å². The number of nitriles is 2. The van der Waals surface area contributed by atoms with Crippen LogP contribution in [-0.2, 0) is 9.68 Å². The Hall–Kier alpha value is -2.08. The Balaban J connectivity index is 3.20. The highest BCUT2D eigenvalue weighted by Gasteiger charge is 1.83. The van der Waals surface area contributed by atoms with E-state index in [0.29, 0.717) is 38.9 Å². The molecule has 0 aromatic heterocycles. The summed E-state index contributed by atoms with van der Waals surface area (Å²) in [5, 5.41) is 23.7. The van der Waals surface area contributed by atoms with Gasteiger partial charge in [-0.25, -0.2) is 0 Å². The van der Waals surface area contributed by atoms with Gasteiger partial charge in [0.05, 0.1) is 25.0 Å². The molecule has 0 atom stereocenters. The molecular formula is C10H14N4O2. The zero-order valence-electron chi connectivity index (χ0n) is 9.00. The van der Waals surface area contributed by atoms with E-state index >= 15 is 0 Å². The van der Waals surface area contributed by atoms with Gasteiger partial charge in [-0.3, -0.25) is 0 Å². The zero-order valence-corrected chi connectivity index (χ0v) is 9.00. The number of hydrogen-bond donors (Lipinski definition) is 0. The zero-order chi connectivity index (χ0) is 11.9. The van der Waals surface area contributed by atoms with Crippen LogP contribution in [0.1, 0.15) is 25.7 Å². The molecule has 0 saturated carbocycles. The first kappa shape index (κ1) is 13.9. The minimum Gasteiger partial charge on any atom is -0.395 e. The van der Waals surface area contributed by atoms with Crippen LogP contribution < -0.4 is 0 Å². The van der Waals surface area contributed by atoms with Crippen molar-refractivity contribution < 1.29 is 9.68 Å². The fourth-order valence-corrected chi connectivity index (χ4v) is 0.648. The summed E-state index contributed by atoms with van der Waals surface area (Å²) in [7, 11) is 0. The van der Waals surface area contributed by atoms with Crippen LogP contribution in [0.25, 0.3) is 0 Å². The first-order valence-corrected chi connectivity index (χ1v) is 4.93. The summed E-state index contributed by atoms with van der Waals surface area (Å²) in [4.78, 5) is 9.54. The van der Waals surface area contributed by atoms with Gasteiger partial charge in [0, 0.05) is 12.4 Å². The maximum absolute atomic E-state index is 8.19. The Kier molecular flexibility index (Phi) is 11.2. The van der Waals surface area contributed by atoms with Crippen molar-refractivity contribution in [2.45, 2.75) is 25.7 Å². The van der Waals surface area contributed by atoms with Crippen LogP contribution >= 0.6 is 0 Å². The van der Waals surface area contributed by atoms with Crippen molar-refractivity contribution in [3.05, 3.63) is 0 Å². The van der Waals surface area contributed by atoms with Crippen LogP contribution in [0.15, 0.2) is 10.3 Å². The first-order chi connectivity index (χ1) is 7.91. The highest BCUT2D eigenvalue weighted by molar-refractivity contribution is 5.65. The third kappa shape index (κ3) is 11.9. The summed E-state index contributed by atoms with van der Waals surface area (Å²) in [6, 6.07) is 3.89. The average molecular weight is 222 g/mol. The fourth-order valence-electron chi connectivity index (χ4n) is 0.648. The van der Waals surface area contributed by atoms with Gasteiger partial charge < -0.3 is 9.68 Å². The first-order valence-electron chi connectivity index (χ1n) is 4.93. The number of rotatable bonds is 9. The number of nitrogens with zero attached hydrogens (tertiary/aromatic N) is 4. The molecule has 0 aliphatic rings. The van der Waals surface area contributed by atoms with Crippen LogP contribution in [0.4, 0.5) is 0 Å². The predicted octanol–water partition coefficient (Wildman–Crippen LogP) is 1.60. The van der Waals surface area contributed by atoms with Crippen LogP contribution in [-0.4, -0.2) is 25.6 Å². The molecule has 6 heteroatoms. The molecular weight excluding hydrogens is 208 g/mol. The van der Waals surface area contributed by atoms with Crippen molar-refractivity contribution in [2.24, 2.45) is 10.3 Å². The van der Waals surface area contributed by atoms with Crippen molar-refractivity contribution in [3.8, 4) is 12.1 Å². The lowest BCUT2D eigenvalue weighted by Crippen LogP contribution is -1.88. The van der Waals surface area contributed by atoms with Gasteiger partial charge >= 0.3 is 0 Å². The van der Waals surface area contributed by atoms with E-state index in [9.17, 15) is 0 Å². The Bertz CT molecular complexity index is 258. The van der Waals surface area contributed by atoms with Gasteiger partial charge in [-0.05, 0) is 12.8 Å². The van der Waals surface area contributed by atoms with Crippen LogP contribution in [0.3, 0.4) is 0 Å². The lowest BCUT2D eigenvalue weighted by atomic mass is 10.4. The molecule has 0 radical (unpaired) electrons. The van der Waals surface area contributed by atoms with Gasteiger partial charge in [-0.2, -0.15) is 10.5 Å². The van der Waals surface area contributed by atoms with Crippen molar-refractivity contribution in [2.75, 3.05) is 13.2 Å². The lowest BCUT2D eigenvalue weighted by molar-refractivity contribution is 0.150. The summed E-state index contributed by atoms with van der Waals surface area (Å²) in [5.74, 6) is 0. The molecule has 0 amide bonds. The van der Waals surface area contributed by atoms with E-state index in [1.54, 1.807) is 12.4 Å². The van der Waals surface area contributed by atoms with E-state index in [0.717, 1.165) is 0 Å². The quantitative estimate of drug-likeness (QED) is 0.336. The third-order valence-electron chi connectivity index (χ3n) is 1.33. The Morgan fingerprint density at radius 3 is 1.69 bits per heavy atom. The molecule has 86 valence electrons. The molecule has 6 nitrogen and oxygen atoms in total. The maximum Gasteiger partial charge on any atom is 0.130 e. The highest BCUT2D eigenvalue weighted by Crippen LogP contribution is 1.86. The largest absolute Gasteiger partial charge is 0.395 e. The maximum atomic E-state index is 8.19. The minimum atomic E-state index is 0.318. The molecule has 0 saturated heterocycles. The molecule has 0 rings (SSSR count). The standard InChI is InChI=1S/C10H14N4O2/c11-5-3-9-15-13-7-1-2-8-14-16-10-4-6-12/h7-8H,1-4,9-10H2/b13-7+,14-8+. The molecule has 0 aliphatic carbocycles. The van der Waals surface area contributed by atoms with Gasteiger partial charge in [0.25, 0.3) is 0 Å². The van der Waals surface area contributed by atoms with Crippen LogP contribution in [0.2, 0.25) is 0 Å². The third-order valence-corrected chi connectivity index (χ3v) is 1.33. The van der Waals surface area contributed by atoms with E-state index in [2.05, 4.69) is 10.3 Å². The molecule has 0 bridgehead atoms. The van der Waals surface area contributed by atoms with Gasteiger partial charge in [0.1, 0.15) is 13.2 Å². The number of oxime groups is 2. The summed E-state index contributed by atoms with van der Waals surface area (Å²) >= 11 is 0. The summed E-state index contributed by atoms with van der Waals surface area (Å²) in [6.45, 7) is 0.636. The Morgan fingerprint density at radius 1 is 0.875 bits per heavy atom. The van der Waals surface area contributed by atoms with Gasteiger partial charge in [-0.15, -0.1) is 0 Å². The second kappa shape index (κ2) is 12.9. The summed E-state index contributed by atoms with van der Waals surface area (Å²) in [6.07, 6.45) is 5.28. The van der Waals surface area contributed by atoms with E-state index in [1.165, 1.54) is 0 Å². The number of unbranched alkanes of at least 4 members (excludes halogenated alkanes) is 1. The fraction of sp³-hybridized carbons (Fsp3) is 0.600. The Labute approximate surface area is 94.7 Å². The molecule has 0 fully saturated rings. The molecule has 0 aromatic carbocycles. The van der Waals surface area contributed by atoms with Crippen molar-refractivity contribution >= 4 is 12.4 Å². The van der Waals surface area contributed by atoms with Crippen LogP contribution in [0, 0.1) is 22.7 Å². The normalized spacial score (nSPS) is 10.1. The molecule has 0 aromatic rings. The number of hydrogen-bond acceptors (Lipinski definition) is 6. The molecule has 0 heterocycles. The van der Waals surface area contributed by atoms with E-state index in [1.807, 2.05) is 12.1 Å². The minimum absolute atomic E-state index is 0.318. The topological polar surface area (TPSA) is 90.8 Å². The molecule has 16 heavy (non-hydrogen) atoms. The summed E-state index contributed by atoms with van der Waals surface area (Å²) < 4.78 is 0. The summed E-state index contributed by atoms with van der Waals surface area (Å²) in [5.41, 5.74) is 0. The molecule has 0 spiro atoms. The monoisotopic (exact) mass is 222 g/mol. The van der Waals surface area contributed by atoms with Crippen molar-refractivity contribution in [1.82, 2.24) is 0 Å². The predicted molar refractivity (Wildman–Crippen MR) is 58.6 cm³/mol.